The smallest absolute Gasteiger partial charge is 0.332 e. The first-order valence-electron chi connectivity index (χ1n) is 11.9. The molecule has 0 aliphatic carbocycles. The molecule has 1 amide bonds. The van der Waals surface area contributed by atoms with Crippen molar-refractivity contribution in [2.45, 2.75) is 51.0 Å². The predicted molar refractivity (Wildman–Crippen MR) is 138 cm³/mol. The molecule has 1 aliphatic heterocycles. The maximum absolute atomic E-state index is 14.3. The van der Waals surface area contributed by atoms with Crippen LogP contribution in [0.3, 0.4) is 0 Å². The molecule has 3 aromatic rings. The van der Waals surface area contributed by atoms with E-state index in [0.717, 1.165) is 22.4 Å². The number of esters is 1. The molecule has 1 atom stereocenters. The van der Waals surface area contributed by atoms with Crippen LogP contribution in [0.5, 0.6) is 5.75 Å². The summed E-state index contributed by atoms with van der Waals surface area (Å²) in [5.41, 5.74) is 2.91. The summed E-state index contributed by atoms with van der Waals surface area (Å²) >= 11 is 0. The number of hydrogen-bond acceptors (Lipinski definition) is 4. The minimum Gasteiger partial charge on any atom is -0.496 e. The molecule has 1 aliphatic rings. The van der Waals surface area contributed by atoms with Crippen molar-refractivity contribution >= 4 is 17.6 Å². The van der Waals surface area contributed by atoms with Crippen molar-refractivity contribution < 1.29 is 19.1 Å². The van der Waals surface area contributed by atoms with E-state index in [9.17, 15) is 9.59 Å². The standard InChI is InChI=1S/C30H33NO4/c1-29(2,3)24-16-15-23(19-26(24)34-4)27(32)31-25-14-10-9-13-22(25)17-18-30(31,28(33)35-5)20-21-11-7-6-8-12-21/h6-16,19H,17-18,20H2,1-5H3. The third kappa shape index (κ3) is 4.55. The van der Waals surface area contributed by atoms with Gasteiger partial charge in [0, 0.05) is 17.7 Å². The van der Waals surface area contributed by atoms with E-state index in [1.165, 1.54) is 7.11 Å². The SMILES string of the molecule is COC(=O)C1(Cc2ccccc2)CCc2ccccc2N1C(=O)c1ccc(C(C)(C)C)c(OC)c1. The molecule has 35 heavy (non-hydrogen) atoms. The topological polar surface area (TPSA) is 55.8 Å². The van der Waals surface area contributed by atoms with Gasteiger partial charge >= 0.3 is 5.97 Å². The molecule has 3 aromatic carbocycles. The second kappa shape index (κ2) is 9.57. The van der Waals surface area contributed by atoms with Crippen LogP contribution >= 0.6 is 0 Å². The van der Waals surface area contributed by atoms with Crippen LogP contribution in [0.1, 0.15) is 54.2 Å². The van der Waals surface area contributed by atoms with Crippen LogP contribution in [0.15, 0.2) is 72.8 Å². The summed E-state index contributed by atoms with van der Waals surface area (Å²) in [5, 5.41) is 0. The van der Waals surface area contributed by atoms with Crippen LogP contribution in [0.25, 0.3) is 0 Å². The molecular weight excluding hydrogens is 438 g/mol. The zero-order chi connectivity index (χ0) is 25.2. The van der Waals surface area contributed by atoms with Gasteiger partial charge in [-0.1, -0.05) is 75.4 Å². The lowest BCUT2D eigenvalue weighted by atomic mass is 9.78. The highest BCUT2D eigenvalue weighted by Gasteiger charge is 2.51. The van der Waals surface area contributed by atoms with Crippen LogP contribution in [0, 0.1) is 0 Å². The van der Waals surface area contributed by atoms with Crippen molar-refractivity contribution in [3.63, 3.8) is 0 Å². The van der Waals surface area contributed by atoms with E-state index in [4.69, 9.17) is 9.47 Å². The minimum atomic E-state index is -1.17. The van der Waals surface area contributed by atoms with Crippen LogP contribution in [0.2, 0.25) is 0 Å². The molecule has 0 saturated heterocycles. The Balaban J connectivity index is 1.89. The lowest BCUT2D eigenvalue weighted by Crippen LogP contribution is -2.61. The molecule has 0 N–H and O–H groups in total. The fourth-order valence-corrected chi connectivity index (χ4v) is 5.06. The number of anilines is 1. The number of nitrogens with zero attached hydrogens (tertiary/aromatic N) is 1. The van der Waals surface area contributed by atoms with E-state index >= 15 is 0 Å². The van der Waals surface area contributed by atoms with Crippen molar-refractivity contribution in [1.29, 1.82) is 0 Å². The third-order valence-electron chi connectivity index (χ3n) is 6.83. The number of ether oxygens (including phenoxy) is 2. The van der Waals surface area contributed by atoms with E-state index in [-0.39, 0.29) is 11.3 Å². The maximum Gasteiger partial charge on any atom is 0.332 e. The first-order chi connectivity index (χ1) is 16.7. The molecule has 0 spiro atoms. The highest BCUT2D eigenvalue weighted by molar-refractivity contribution is 6.12. The Bertz CT molecular complexity index is 1230. The quantitative estimate of drug-likeness (QED) is 0.445. The average Bonchev–Trinajstić information content (AvgIpc) is 2.87. The molecule has 0 radical (unpaired) electrons. The Hall–Kier alpha value is -3.60. The lowest BCUT2D eigenvalue weighted by molar-refractivity contribution is -0.147. The van der Waals surface area contributed by atoms with Crippen molar-refractivity contribution in [2.75, 3.05) is 19.1 Å². The summed E-state index contributed by atoms with van der Waals surface area (Å²) in [6, 6.07) is 23.1. The van der Waals surface area contributed by atoms with Crippen molar-refractivity contribution in [3.8, 4) is 5.75 Å². The highest BCUT2D eigenvalue weighted by atomic mass is 16.5. The number of rotatable bonds is 5. The number of benzene rings is 3. The van der Waals surface area contributed by atoms with Crippen LogP contribution in [-0.2, 0) is 27.8 Å². The van der Waals surface area contributed by atoms with Gasteiger partial charge in [-0.05, 0) is 53.1 Å². The first-order valence-corrected chi connectivity index (χ1v) is 11.9. The van der Waals surface area contributed by atoms with E-state index in [2.05, 4.69) is 20.8 Å². The van der Waals surface area contributed by atoms with Gasteiger partial charge in [-0.3, -0.25) is 9.69 Å². The first kappa shape index (κ1) is 24.5. The molecule has 5 nitrogen and oxygen atoms in total. The number of carbonyl (C=O) groups excluding carboxylic acids is 2. The molecule has 5 heteroatoms. The van der Waals surface area contributed by atoms with E-state index in [0.29, 0.717) is 30.6 Å². The van der Waals surface area contributed by atoms with Crippen LogP contribution in [-0.4, -0.2) is 31.6 Å². The van der Waals surface area contributed by atoms with Gasteiger partial charge in [-0.25, -0.2) is 4.79 Å². The van der Waals surface area contributed by atoms with E-state index in [1.54, 1.807) is 18.1 Å². The Morgan fingerprint density at radius 1 is 0.943 bits per heavy atom. The van der Waals surface area contributed by atoms with Gasteiger partial charge in [-0.2, -0.15) is 0 Å². The minimum absolute atomic E-state index is 0.145. The van der Waals surface area contributed by atoms with Gasteiger partial charge in [0.15, 0.2) is 0 Å². The third-order valence-corrected chi connectivity index (χ3v) is 6.83. The van der Waals surface area contributed by atoms with Gasteiger partial charge in [0.05, 0.1) is 14.2 Å². The summed E-state index contributed by atoms with van der Waals surface area (Å²) in [7, 11) is 3.00. The maximum atomic E-state index is 14.3. The highest BCUT2D eigenvalue weighted by Crippen LogP contribution is 2.42. The van der Waals surface area contributed by atoms with E-state index in [1.807, 2.05) is 66.7 Å². The van der Waals surface area contributed by atoms with Crippen LogP contribution in [0.4, 0.5) is 5.69 Å². The summed E-state index contributed by atoms with van der Waals surface area (Å²) in [6.45, 7) is 6.32. The Morgan fingerprint density at radius 2 is 1.63 bits per heavy atom. The van der Waals surface area contributed by atoms with Gasteiger partial charge < -0.3 is 9.47 Å². The van der Waals surface area contributed by atoms with E-state index < -0.39 is 11.5 Å². The van der Waals surface area contributed by atoms with Crippen molar-refractivity contribution in [1.82, 2.24) is 0 Å². The lowest BCUT2D eigenvalue weighted by Gasteiger charge is -2.46. The fraction of sp³-hybridized carbons (Fsp3) is 0.333. The monoisotopic (exact) mass is 471 g/mol. The summed E-state index contributed by atoms with van der Waals surface area (Å²) in [5.74, 6) is -0.0138. The van der Waals surface area contributed by atoms with Gasteiger partial charge in [0.1, 0.15) is 11.3 Å². The zero-order valence-electron chi connectivity index (χ0n) is 21.1. The molecule has 1 heterocycles. The summed E-state index contributed by atoms with van der Waals surface area (Å²) in [4.78, 5) is 29.5. The van der Waals surface area contributed by atoms with Crippen molar-refractivity contribution in [3.05, 3.63) is 95.1 Å². The van der Waals surface area contributed by atoms with Gasteiger partial charge in [-0.15, -0.1) is 0 Å². The fourth-order valence-electron chi connectivity index (χ4n) is 5.06. The molecule has 0 fully saturated rings. The van der Waals surface area contributed by atoms with Gasteiger partial charge in [0.25, 0.3) is 5.91 Å². The van der Waals surface area contributed by atoms with Crippen LogP contribution < -0.4 is 9.64 Å². The van der Waals surface area contributed by atoms with Gasteiger partial charge in [0.2, 0.25) is 0 Å². The number of carbonyl (C=O) groups is 2. The second-order valence-corrected chi connectivity index (χ2v) is 10.1. The molecule has 182 valence electrons. The second-order valence-electron chi connectivity index (χ2n) is 10.1. The molecule has 0 bridgehead atoms. The number of hydrogen-bond donors (Lipinski definition) is 0. The molecular formula is C30H33NO4. The Labute approximate surface area is 207 Å². The normalized spacial score (nSPS) is 17.5. The number of methoxy groups -OCH3 is 2. The number of para-hydroxylation sites is 1. The predicted octanol–water partition coefficient (Wildman–Crippen LogP) is 5.74. The van der Waals surface area contributed by atoms with Crippen molar-refractivity contribution in [2.24, 2.45) is 0 Å². The summed E-state index contributed by atoms with van der Waals surface area (Å²) in [6.07, 6.45) is 1.50. The molecule has 0 saturated carbocycles. The molecule has 4 rings (SSSR count). The zero-order valence-corrected chi connectivity index (χ0v) is 21.1. The average molecular weight is 472 g/mol. The number of amides is 1. The molecule has 0 aromatic heterocycles. The molecule has 1 unspecified atom stereocenters. The Morgan fingerprint density at radius 3 is 2.29 bits per heavy atom. The number of fused-ring (bicyclic) bond motifs is 1. The Kier molecular flexibility index (Phi) is 6.70. The largest absolute Gasteiger partial charge is 0.496 e. The number of aryl methyl sites for hydroxylation is 1. The summed E-state index contributed by atoms with van der Waals surface area (Å²) < 4.78 is 11.0.